The number of aryl methyl sites for hydroxylation is 1. The maximum Gasteiger partial charge on any atom is 0.0646 e. The molecule has 0 saturated carbocycles. The number of nitrogens with zero attached hydrogens (tertiary/aromatic N) is 1. The van der Waals surface area contributed by atoms with E-state index in [1.165, 1.54) is 35.0 Å². The van der Waals surface area contributed by atoms with Crippen molar-refractivity contribution >= 4 is 39.8 Å². The molecule has 1 aromatic carbocycles. The fraction of sp³-hybridized carbons (Fsp3) is 0.167. The normalized spacial score (nSPS) is 14.6. The van der Waals surface area contributed by atoms with Gasteiger partial charge in [0.05, 0.1) is 34.1 Å². The molecule has 1 aromatic heterocycles. The highest BCUT2D eigenvalue weighted by Crippen LogP contribution is 2.32. The Labute approximate surface area is 96.9 Å². The van der Waals surface area contributed by atoms with Crippen molar-refractivity contribution < 1.29 is 0 Å². The Hall–Kier alpha value is -0.770. The van der Waals surface area contributed by atoms with E-state index in [9.17, 15) is 0 Å². The molecular weight excluding hydrogens is 285 g/mol. The molecule has 0 spiro atoms. The van der Waals surface area contributed by atoms with Crippen molar-refractivity contribution in [2.45, 2.75) is 12.8 Å². The van der Waals surface area contributed by atoms with E-state index in [1.54, 1.807) is 0 Å². The molecule has 2 heteroatoms. The average molecular weight is 295 g/mol. The van der Waals surface area contributed by atoms with Crippen molar-refractivity contribution in [1.29, 1.82) is 0 Å². The fourth-order valence-electron chi connectivity index (χ4n) is 2.14. The van der Waals surface area contributed by atoms with Crippen LogP contribution in [0.5, 0.6) is 0 Å². The largest absolute Gasteiger partial charge is 0.282 e. The molecular formula is C12H10IN. The average Bonchev–Trinajstić information content (AvgIpc) is 2.55. The van der Waals surface area contributed by atoms with Gasteiger partial charge in [-0.3, -0.25) is 2.78 Å². The first-order chi connectivity index (χ1) is 6.88. The van der Waals surface area contributed by atoms with Crippen LogP contribution in [0, 0.1) is 0 Å². The quantitative estimate of drug-likeness (QED) is 0.652. The minimum Gasteiger partial charge on any atom is -0.282 e. The van der Waals surface area contributed by atoms with Crippen LogP contribution in [0.3, 0.4) is 0 Å². The second kappa shape index (κ2) is 3.12. The molecule has 70 valence electrons. The molecule has 3 rings (SSSR count). The van der Waals surface area contributed by atoms with Gasteiger partial charge in [-0.05, 0) is 30.5 Å². The summed E-state index contributed by atoms with van der Waals surface area (Å²) in [5, 5.41) is 1.42. The molecule has 14 heavy (non-hydrogen) atoms. The summed E-state index contributed by atoms with van der Waals surface area (Å²) >= 11 is 2.38. The van der Waals surface area contributed by atoms with Crippen molar-refractivity contribution in [2.75, 3.05) is 0 Å². The van der Waals surface area contributed by atoms with E-state index < -0.39 is 0 Å². The predicted molar refractivity (Wildman–Crippen MR) is 68.7 cm³/mol. The van der Waals surface area contributed by atoms with Gasteiger partial charge in [-0.1, -0.05) is 24.3 Å². The van der Waals surface area contributed by atoms with Gasteiger partial charge in [-0.25, -0.2) is 0 Å². The van der Waals surface area contributed by atoms with Gasteiger partial charge in [0.2, 0.25) is 0 Å². The van der Waals surface area contributed by atoms with Crippen LogP contribution in [0.25, 0.3) is 17.0 Å². The Morgan fingerprint density at radius 1 is 1.21 bits per heavy atom. The number of aromatic nitrogens is 1. The molecule has 0 saturated heterocycles. The summed E-state index contributed by atoms with van der Waals surface area (Å²) in [4.78, 5) is 0. The zero-order chi connectivity index (χ0) is 9.54. The lowest BCUT2D eigenvalue weighted by molar-refractivity contribution is 0.990. The fourth-order valence-corrected chi connectivity index (χ4v) is 3.01. The van der Waals surface area contributed by atoms with Gasteiger partial charge in [0.25, 0.3) is 0 Å². The monoisotopic (exact) mass is 295 g/mol. The van der Waals surface area contributed by atoms with Crippen LogP contribution in [0.15, 0.2) is 30.3 Å². The number of fused-ring (bicyclic) bond motifs is 3. The summed E-state index contributed by atoms with van der Waals surface area (Å²) in [6.45, 7) is 0. The summed E-state index contributed by atoms with van der Waals surface area (Å²) in [7, 11) is 0. The second-order valence-corrected chi connectivity index (χ2v) is 4.57. The first-order valence-electron chi connectivity index (χ1n) is 4.83. The first-order valence-corrected chi connectivity index (χ1v) is 5.79. The third-order valence-corrected chi connectivity index (χ3v) is 3.84. The van der Waals surface area contributed by atoms with Crippen LogP contribution < -0.4 is 0 Å². The van der Waals surface area contributed by atoms with E-state index in [4.69, 9.17) is 0 Å². The number of halogens is 1. The summed E-state index contributed by atoms with van der Waals surface area (Å²) in [5.41, 5.74) is 4.22. The van der Waals surface area contributed by atoms with E-state index in [1.807, 2.05) is 0 Å². The maximum atomic E-state index is 2.38. The van der Waals surface area contributed by atoms with E-state index in [-0.39, 0.29) is 0 Å². The van der Waals surface area contributed by atoms with Gasteiger partial charge < -0.3 is 0 Å². The molecule has 0 fully saturated rings. The van der Waals surface area contributed by atoms with Gasteiger partial charge in [0.15, 0.2) is 0 Å². The van der Waals surface area contributed by atoms with Crippen LogP contribution in [0.4, 0.5) is 0 Å². The Balaban J connectivity index is 2.48. The molecule has 0 aliphatic heterocycles. The summed E-state index contributed by atoms with van der Waals surface area (Å²) in [6.07, 6.45) is 6.86. The third kappa shape index (κ3) is 1.06. The number of allylic oxidation sites excluding steroid dienone is 1. The minimum atomic E-state index is 1.18. The lowest BCUT2D eigenvalue weighted by atomic mass is 10.0. The SMILES string of the molecule is In1c2c(c3ccccc31)CCC=C2. The maximum absolute atomic E-state index is 2.38. The summed E-state index contributed by atoms with van der Waals surface area (Å²) in [6, 6.07) is 8.64. The molecule has 1 heterocycles. The number of hydrogen-bond donors (Lipinski definition) is 0. The molecule has 1 aliphatic carbocycles. The number of rotatable bonds is 0. The van der Waals surface area contributed by atoms with Crippen LogP contribution in [0.2, 0.25) is 0 Å². The number of hydrogen-bond acceptors (Lipinski definition) is 0. The van der Waals surface area contributed by atoms with Crippen molar-refractivity contribution in [3.8, 4) is 0 Å². The van der Waals surface area contributed by atoms with Crippen molar-refractivity contribution in [3.05, 3.63) is 41.6 Å². The van der Waals surface area contributed by atoms with E-state index >= 15 is 0 Å². The topological polar surface area (TPSA) is 4.93 Å². The minimum absolute atomic E-state index is 1.18. The molecule has 1 nitrogen and oxygen atoms in total. The van der Waals surface area contributed by atoms with Crippen molar-refractivity contribution in [2.24, 2.45) is 0 Å². The Kier molecular flexibility index (Phi) is 1.90. The van der Waals surface area contributed by atoms with E-state index in [2.05, 4.69) is 62.1 Å². The third-order valence-electron chi connectivity index (χ3n) is 2.80. The molecule has 0 N–H and O–H groups in total. The van der Waals surface area contributed by atoms with E-state index in [0.29, 0.717) is 0 Å². The second-order valence-electron chi connectivity index (χ2n) is 3.60. The number of para-hydroxylation sites is 1. The molecule has 0 bridgehead atoms. The highest BCUT2D eigenvalue weighted by Gasteiger charge is 2.14. The van der Waals surface area contributed by atoms with Crippen LogP contribution in [0.1, 0.15) is 17.7 Å². The van der Waals surface area contributed by atoms with Gasteiger partial charge in [0.1, 0.15) is 0 Å². The van der Waals surface area contributed by atoms with Gasteiger partial charge in [-0.2, -0.15) is 0 Å². The molecule has 0 radical (unpaired) electrons. The Morgan fingerprint density at radius 3 is 3.00 bits per heavy atom. The van der Waals surface area contributed by atoms with Crippen LogP contribution >= 0.6 is 22.9 Å². The first kappa shape index (κ1) is 8.53. The Morgan fingerprint density at radius 2 is 2.07 bits per heavy atom. The number of benzene rings is 1. The zero-order valence-corrected chi connectivity index (χ0v) is 9.86. The lowest BCUT2D eigenvalue weighted by Crippen LogP contribution is -1.92. The highest BCUT2D eigenvalue weighted by atomic mass is 127. The summed E-state index contributed by atoms with van der Waals surface area (Å²) < 4.78 is 2.26. The Bertz CT molecular complexity index is 522. The van der Waals surface area contributed by atoms with Crippen LogP contribution in [-0.2, 0) is 6.42 Å². The standard InChI is InChI=1S/C12H10IN/c13-14-11-7-3-1-5-9(11)10-6-2-4-8-12(10)14/h1,3-5,7-8H,2,6H2. The van der Waals surface area contributed by atoms with Gasteiger partial charge >= 0.3 is 0 Å². The molecule has 2 aromatic rings. The molecule has 0 atom stereocenters. The predicted octanol–water partition coefficient (Wildman–Crippen LogP) is 3.80. The molecule has 0 amide bonds. The summed E-state index contributed by atoms with van der Waals surface area (Å²) in [5.74, 6) is 0. The van der Waals surface area contributed by atoms with Crippen molar-refractivity contribution in [3.63, 3.8) is 0 Å². The molecule has 0 unspecified atom stereocenters. The molecule has 1 aliphatic rings. The van der Waals surface area contributed by atoms with Crippen molar-refractivity contribution in [1.82, 2.24) is 2.78 Å². The lowest BCUT2D eigenvalue weighted by Gasteiger charge is -2.05. The van der Waals surface area contributed by atoms with Gasteiger partial charge in [0, 0.05) is 5.39 Å². The smallest absolute Gasteiger partial charge is 0.0646 e. The van der Waals surface area contributed by atoms with E-state index in [0.717, 1.165) is 0 Å². The van der Waals surface area contributed by atoms with Crippen LogP contribution in [-0.4, -0.2) is 2.78 Å². The zero-order valence-electron chi connectivity index (χ0n) is 7.70. The van der Waals surface area contributed by atoms with Gasteiger partial charge in [-0.15, -0.1) is 0 Å². The highest BCUT2D eigenvalue weighted by molar-refractivity contribution is 14.1.